The minimum absolute atomic E-state index is 0.0740. The third kappa shape index (κ3) is 3.71. The second-order valence-corrected chi connectivity index (χ2v) is 5.10. The highest BCUT2D eigenvalue weighted by atomic mass is 79.9. The summed E-state index contributed by atoms with van der Waals surface area (Å²) in [6.45, 7) is 3.81. The molecule has 1 aromatic carbocycles. The van der Waals surface area contributed by atoms with Crippen LogP contribution in [0, 0.1) is 5.92 Å². The van der Waals surface area contributed by atoms with E-state index < -0.39 is 0 Å². The van der Waals surface area contributed by atoms with Gasteiger partial charge in [0.2, 0.25) is 0 Å². The number of benzene rings is 1. The highest BCUT2D eigenvalue weighted by Crippen LogP contribution is 2.20. The van der Waals surface area contributed by atoms with Crippen LogP contribution in [-0.4, -0.2) is 23.7 Å². The molecule has 0 saturated heterocycles. The van der Waals surface area contributed by atoms with Crippen LogP contribution in [0.5, 0.6) is 0 Å². The van der Waals surface area contributed by atoms with E-state index >= 15 is 0 Å². The van der Waals surface area contributed by atoms with Gasteiger partial charge in [-0.25, -0.2) is 0 Å². The van der Waals surface area contributed by atoms with Crippen LogP contribution >= 0.6 is 15.9 Å². The average molecular weight is 301 g/mol. The molecule has 94 valence electrons. The molecule has 5 heteroatoms. The lowest BCUT2D eigenvalue weighted by molar-refractivity contribution is 0.0897. The highest BCUT2D eigenvalue weighted by Gasteiger charge is 2.16. The molecule has 4 N–H and O–H groups in total. The number of nitrogens with two attached hydrogens (primary N) is 1. The van der Waals surface area contributed by atoms with E-state index in [1.807, 2.05) is 13.8 Å². The first kappa shape index (κ1) is 14.0. The molecule has 0 heterocycles. The number of carbonyl (C=O) groups is 1. The number of halogens is 1. The van der Waals surface area contributed by atoms with Crippen LogP contribution in [0.1, 0.15) is 24.2 Å². The fourth-order valence-corrected chi connectivity index (χ4v) is 1.61. The summed E-state index contributed by atoms with van der Waals surface area (Å²) in [5.41, 5.74) is 6.71. The fraction of sp³-hybridized carbons (Fsp3) is 0.417. The Morgan fingerprint density at radius 3 is 2.65 bits per heavy atom. The second kappa shape index (κ2) is 6.02. The Kier molecular flexibility index (Phi) is 4.96. The van der Waals surface area contributed by atoms with Gasteiger partial charge >= 0.3 is 0 Å². The van der Waals surface area contributed by atoms with Crippen LogP contribution in [-0.2, 0) is 0 Å². The van der Waals surface area contributed by atoms with E-state index in [2.05, 4.69) is 21.2 Å². The quantitative estimate of drug-likeness (QED) is 0.742. The van der Waals surface area contributed by atoms with Crippen molar-refractivity contribution in [3.05, 3.63) is 28.2 Å². The maximum Gasteiger partial charge on any atom is 0.251 e. The third-order valence-corrected chi connectivity index (χ3v) is 3.30. The number of aliphatic hydroxyl groups is 1. The molecule has 1 aromatic rings. The summed E-state index contributed by atoms with van der Waals surface area (Å²) in [5, 5.41) is 11.9. The molecular formula is C12H17BrN2O2. The van der Waals surface area contributed by atoms with Crippen molar-refractivity contribution in [2.24, 2.45) is 5.92 Å². The molecule has 0 fully saturated rings. The topological polar surface area (TPSA) is 75.3 Å². The van der Waals surface area contributed by atoms with E-state index in [-0.39, 0.29) is 24.5 Å². The third-order valence-electron chi connectivity index (χ3n) is 2.58. The number of rotatable bonds is 4. The van der Waals surface area contributed by atoms with Crippen molar-refractivity contribution in [2.45, 2.75) is 19.9 Å². The van der Waals surface area contributed by atoms with Crippen LogP contribution in [0.2, 0.25) is 0 Å². The lowest BCUT2D eigenvalue weighted by Crippen LogP contribution is -2.41. The van der Waals surface area contributed by atoms with Gasteiger partial charge in [-0.15, -0.1) is 0 Å². The maximum atomic E-state index is 11.9. The Morgan fingerprint density at radius 1 is 1.53 bits per heavy atom. The van der Waals surface area contributed by atoms with Gasteiger partial charge in [0, 0.05) is 15.7 Å². The van der Waals surface area contributed by atoms with Crippen LogP contribution in [0.4, 0.5) is 5.69 Å². The molecule has 0 aliphatic rings. The van der Waals surface area contributed by atoms with E-state index in [1.165, 1.54) is 0 Å². The van der Waals surface area contributed by atoms with Gasteiger partial charge in [0.25, 0.3) is 5.91 Å². The van der Waals surface area contributed by atoms with Crippen molar-refractivity contribution in [2.75, 3.05) is 12.3 Å². The van der Waals surface area contributed by atoms with Crippen molar-refractivity contribution in [1.29, 1.82) is 0 Å². The maximum absolute atomic E-state index is 11.9. The zero-order valence-electron chi connectivity index (χ0n) is 9.90. The summed E-state index contributed by atoms with van der Waals surface area (Å²) in [4.78, 5) is 11.9. The van der Waals surface area contributed by atoms with E-state index in [0.717, 1.165) is 4.47 Å². The van der Waals surface area contributed by atoms with E-state index in [4.69, 9.17) is 10.8 Å². The number of anilines is 1. The van der Waals surface area contributed by atoms with Crippen LogP contribution < -0.4 is 11.1 Å². The van der Waals surface area contributed by atoms with Gasteiger partial charge in [0.1, 0.15) is 0 Å². The minimum Gasteiger partial charge on any atom is -0.398 e. The number of hydrogen-bond donors (Lipinski definition) is 3. The standard InChI is InChI=1S/C12H17BrN2O2/c1-7(2)11(6-16)15-12(17)8-3-4-9(13)10(14)5-8/h3-5,7,11,16H,6,14H2,1-2H3,(H,15,17)/t11-/m1/s1. The summed E-state index contributed by atoms with van der Waals surface area (Å²) in [6.07, 6.45) is 0. The van der Waals surface area contributed by atoms with Crippen molar-refractivity contribution < 1.29 is 9.90 Å². The average Bonchev–Trinajstić information content (AvgIpc) is 2.28. The van der Waals surface area contributed by atoms with Gasteiger partial charge in [-0.1, -0.05) is 13.8 Å². The molecule has 0 bridgehead atoms. The van der Waals surface area contributed by atoms with Gasteiger partial charge in [-0.3, -0.25) is 4.79 Å². The SMILES string of the molecule is CC(C)[C@@H](CO)NC(=O)c1ccc(Br)c(N)c1. The summed E-state index contributed by atoms with van der Waals surface area (Å²) in [5.74, 6) is -0.0475. The lowest BCUT2D eigenvalue weighted by atomic mass is 10.0. The molecule has 1 atom stereocenters. The summed E-state index contributed by atoms with van der Waals surface area (Å²) < 4.78 is 0.761. The molecule has 0 radical (unpaired) electrons. The zero-order valence-corrected chi connectivity index (χ0v) is 11.5. The predicted molar refractivity (Wildman–Crippen MR) is 71.7 cm³/mol. The number of aliphatic hydroxyl groups excluding tert-OH is 1. The molecule has 4 nitrogen and oxygen atoms in total. The first-order chi connectivity index (χ1) is 7.95. The lowest BCUT2D eigenvalue weighted by Gasteiger charge is -2.20. The Balaban J connectivity index is 2.79. The molecule has 0 unspecified atom stereocenters. The molecule has 0 aliphatic carbocycles. The molecule has 17 heavy (non-hydrogen) atoms. The van der Waals surface area contributed by atoms with Gasteiger partial charge < -0.3 is 16.2 Å². The monoisotopic (exact) mass is 300 g/mol. The Bertz CT molecular complexity index is 407. The summed E-state index contributed by atoms with van der Waals surface area (Å²) in [7, 11) is 0. The largest absolute Gasteiger partial charge is 0.398 e. The van der Waals surface area contributed by atoms with Crippen molar-refractivity contribution in [3.8, 4) is 0 Å². The number of amides is 1. The van der Waals surface area contributed by atoms with Gasteiger partial charge in [0.15, 0.2) is 0 Å². The number of nitrogen functional groups attached to an aromatic ring is 1. The number of nitrogens with one attached hydrogen (secondary N) is 1. The van der Waals surface area contributed by atoms with Crippen molar-refractivity contribution >= 4 is 27.5 Å². The number of hydrogen-bond acceptors (Lipinski definition) is 3. The minimum atomic E-state index is -0.243. The van der Waals surface area contributed by atoms with Crippen LogP contribution in [0.15, 0.2) is 22.7 Å². The molecule has 1 amide bonds. The highest BCUT2D eigenvalue weighted by molar-refractivity contribution is 9.10. The van der Waals surface area contributed by atoms with Crippen LogP contribution in [0.25, 0.3) is 0 Å². The number of carbonyl (C=O) groups excluding carboxylic acids is 1. The van der Waals surface area contributed by atoms with Crippen LogP contribution in [0.3, 0.4) is 0 Å². The summed E-state index contributed by atoms with van der Waals surface area (Å²) in [6, 6.07) is 4.78. The zero-order chi connectivity index (χ0) is 13.0. The van der Waals surface area contributed by atoms with Crippen molar-refractivity contribution in [3.63, 3.8) is 0 Å². The molecule has 0 saturated carbocycles. The molecule has 0 aromatic heterocycles. The first-order valence-corrected chi connectivity index (χ1v) is 6.21. The van der Waals surface area contributed by atoms with Gasteiger partial charge in [0.05, 0.1) is 12.6 Å². The first-order valence-electron chi connectivity index (χ1n) is 5.42. The fourth-order valence-electron chi connectivity index (χ4n) is 1.36. The molecule has 0 spiro atoms. The molecular weight excluding hydrogens is 284 g/mol. The second-order valence-electron chi connectivity index (χ2n) is 4.24. The smallest absolute Gasteiger partial charge is 0.251 e. The molecule has 1 rings (SSSR count). The normalized spacial score (nSPS) is 12.5. The van der Waals surface area contributed by atoms with E-state index in [0.29, 0.717) is 11.3 Å². The Labute approximate surface area is 109 Å². The van der Waals surface area contributed by atoms with E-state index in [1.54, 1.807) is 18.2 Å². The molecule has 0 aliphatic heterocycles. The van der Waals surface area contributed by atoms with E-state index in [9.17, 15) is 4.79 Å². The Hall–Kier alpha value is -1.07. The van der Waals surface area contributed by atoms with Gasteiger partial charge in [-0.05, 0) is 40.0 Å². The van der Waals surface area contributed by atoms with Gasteiger partial charge in [-0.2, -0.15) is 0 Å². The predicted octanol–water partition coefficient (Wildman–Crippen LogP) is 1.78. The summed E-state index contributed by atoms with van der Waals surface area (Å²) >= 11 is 3.27. The van der Waals surface area contributed by atoms with Crippen molar-refractivity contribution in [1.82, 2.24) is 5.32 Å². The Morgan fingerprint density at radius 2 is 2.18 bits per heavy atom.